The Bertz CT molecular complexity index is 343. The number of rotatable bonds is 7. The van der Waals surface area contributed by atoms with E-state index in [-0.39, 0.29) is 35.8 Å². The van der Waals surface area contributed by atoms with Crippen LogP contribution in [0, 0.1) is 11.3 Å². The molecule has 0 saturated carbocycles. The van der Waals surface area contributed by atoms with Crippen molar-refractivity contribution in [1.82, 2.24) is 10.2 Å². The summed E-state index contributed by atoms with van der Waals surface area (Å²) in [7, 11) is 0. The molecule has 5 heteroatoms. The highest BCUT2D eigenvalue weighted by Gasteiger charge is 2.36. The second-order valence-corrected chi connectivity index (χ2v) is 6.12. The first kappa shape index (κ1) is 17.0. The minimum atomic E-state index is -0.255. The zero-order valence-corrected chi connectivity index (χ0v) is 13.1. The van der Waals surface area contributed by atoms with E-state index < -0.39 is 0 Å². The molecule has 1 atom stereocenters. The van der Waals surface area contributed by atoms with Crippen LogP contribution in [0.1, 0.15) is 47.0 Å². The van der Waals surface area contributed by atoms with E-state index in [2.05, 4.69) is 5.32 Å². The number of hydrogen-bond acceptors (Lipinski definition) is 3. The van der Waals surface area contributed by atoms with Crippen molar-refractivity contribution in [3.05, 3.63) is 0 Å². The molecular weight excluding hydrogens is 256 g/mol. The summed E-state index contributed by atoms with van der Waals surface area (Å²) in [4.78, 5) is 25.7. The molecule has 2 N–H and O–H groups in total. The maximum atomic E-state index is 12.2. The summed E-state index contributed by atoms with van der Waals surface area (Å²) in [5, 5.41) is 12.4. The SMILES string of the molecule is CCC(CC)(CO)CNC(=O)C1CC(=O)N(C(C)C)C1. The first-order valence-electron chi connectivity index (χ1n) is 7.57. The highest BCUT2D eigenvalue weighted by Crippen LogP contribution is 2.25. The molecule has 20 heavy (non-hydrogen) atoms. The molecule has 1 fully saturated rings. The molecule has 2 amide bonds. The molecule has 0 aromatic heterocycles. The van der Waals surface area contributed by atoms with Gasteiger partial charge in [0.25, 0.3) is 0 Å². The van der Waals surface area contributed by atoms with Crippen LogP contribution in [0.25, 0.3) is 0 Å². The first-order valence-corrected chi connectivity index (χ1v) is 7.57. The number of carbonyl (C=O) groups is 2. The molecule has 5 nitrogen and oxygen atoms in total. The summed E-state index contributed by atoms with van der Waals surface area (Å²) in [6, 6.07) is 0.142. The third-order valence-electron chi connectivity index (χ3n) is 4.63. The van der Waals surface area contributed by atoms with E-state index in [9.17, 15) is 14.7 Å². The Morgan fingerprint density at radius 2 is 2.05 bits per heavy atom. The van der Waals surface area contributed by atoms with Crippen molar-refractivity contribution in [3.63, 3.8) is 0 Å². The van der Waals surface area contributed by atoms with Gasteiger partial charge in [-0.2, -0.15) is 0 Å². The monoisotopic (exact) mass is 284 g/mol. The van der Waals surface area contributed by atoms with Gasteiger partial charge in [0.15, 0.2) is 0 Å². The van der Waals surface area contributed by atoms with Gasteiger partial charge in [-0.25, -0.2) is 0 Å². The number of nitrogens with one attached hydrogen (secondary N) is 1. The Labute approximate surface area is 121 Å². The Balaban J connectivity index is 2.54. The second-order valence-electron chi connectivity index (χ2n) is 6.12. The predicted octanol–water partition coefficient (Wildman–Crippen LogP) is 1.16. The summed E-state index contributed by atoms with van der Waals surface area (Å²) in [5.74, 6) is -0.268. The highest BCUT2D eigenvalue weighted by molar-refractivity contribution is 5.89. The Morgan fingerprint density at radius 1 is 1.45 bits per heavy atom. The van der Waals surface area contributed by atoms with Crippen molar-refractivity contribution in [3.8, 4) is 0 Å². The quantitative estimate of drug-likeness (QED) is 0.737. The van der Waals surface area contributed by atoms with E-state index >= 15 is 0 Å². The Morgan fingerprint density at radius 3 is 2.45 bits per heavy atom. The van der Waals surface area contributed by atoms with Crippen molar-refractivity contribution in [2.24, 2.45) is 11.3 Å². The minimum Gasteiger partial charge on any atom is -0.396 e. The standard InChI is InChI=1S/C15H28N2O3/c1-5-15(6-2,10-18)9-16-14(20)12-7-13(19)17(8-12)11(3)4/h11-12,18H,5-10H2,1-4H3,(H,16,20). The van der Waals surface area contributed by atoms with Gasteiger partial charge < -0.3 is 15.3 Å². The van der Waals surface area contributed by atoms with Gasteiger partial charge in [-0.15, -0.1) is 0 Å². The average molecular weight is 284 g/mol. The van der Waals surface area contributed by atoms with Crippen LogP contribution in [-0.4, -0.2) is 47.6 Å². The number of hydrogen-bond donors (Lipinski definition) is 2. The molecule has 0 spiro atoms. The molecule has 116 valence electrons. The van der Waals surface area contributed by atoms with E-state index in [0.29, 0.717) is 19.5 Å². The fraction of sp³-hybridized carbons (Fsp3) is 0.867. The molecule has 0 radical (unpaired) electrons. The average Bonchev–Trinajstić information content (AvgIpc) is 2.83. The van der Waals surface area contributed by atoms with Crippen molar-refractivity contribution in [2.75, 3.05) is 19.7 Å². The topological polar surface area (TPSA) is 69.6 Å². The van der Waals surface area contributed by atoms with Gasteiger partial charge in [0, 0.05) is 31.0 Å². The number of aliphatic hydroxyl groups excluding tert-OH is 1. The zero-order chi connectivity index (χ0) is 15.3. The van der Waals surface area contributed by atoms with Gasteiger partial charge in [0.2, 0.25) is 11.8 Å². The molecular formula is C15H28N2O3. The Kier molecular flexibility index (Phi) is 5.99. The molecule has 0 aromatic carbocycles. The molecule has 1 unspecified atom stereocenters. The van der Waals surface area contributed by atoms with Crippen molar-refractivity contribution >= 4 is 11.8 Å². The van der Waals surface area contributed by atoms with Crippen LogP contribution in [-0.2, 0) is 9.59 Å². The van der Waals surface area contributed by atoms with Gasteiger partial charge in [0.05, 0.1) is 12.5 Å². The molecule has 1 saturated heterocycles. The number of carbonyl (C=O) groups excluding carboxylic acids is 2. The largest absolute Gasteiger partial charge is 0.396 e. The van der Waals surface area contributed by atoms with Crippen LogP contribution in [0.15, 0.2) is 0 Å². The highest BCUT2D eigenvalue weighted by atomic mass is 16.3. The summed E-state index contributed by atoms with van der Waals surface area (Å²) in [5.41, 5.74) is -0.240. The lowest BCUT2D eigenvalue weighted by Crippen LogP contribution is -2.42. The van der Waals surface area contributed by atoms with Crippen LogP contribution in [0.2, 0.25) is 0 Å². The van der Waals surface area contributed by atoms with Gasteiger partial charge in [-0.3, -0.25) is 9.59 Å². The smallest absolute Gasteiger partial charge is 0.225 e. The summed E-state index contributed by atoms with van der Waals surface area (Å²) in [6.07, 6.45) is 1.94. The number of nitrogens with zero attached hydrogens (tertiary/aromatic N) is 1. The summed E-state index contributed by atoms with van der Waals surface area (Å²) < 4.78 is 0. The lowest BCUT2D eigenvalue weighted by molar-refractivity contribution is -0.130. The van der Waals surface area contributed by atoms with Crippen molar-refractivity contribution in [2.45, 2.75) is 53.0 Å². The van der Waals surface area contributed by atoms with Gasteiger partial charge in [-0.1, -0.05) is 13.8 Å². The number of aliphatic hydroxyl groups is 1. The van der Waals surface area contributed by atoms with Crippen LogP contribution in [0.3, 0.4) is 0 Å². The van der Waals surface area contributed by atoms with Gasteiger partial charge in [0.1, 0.15) is 0 Å². The van der Waals surface area contributed by atoms with Crippen molar-refractivity contribution < 1.29 is 14.7 Å². The normalized spacial score (nSPS) is 19.8. The molecule has 0 aromatic rings. The van der Waals surface area contributed by atoms with E-state index in [1.165, 1.54) is 0 Å². The number of amides is 2. The predicted molar refractivity (Wildman–Crippen MR) is 78.1 cm³/mol. The van der Waals surface area contributed by atoms with Crippen LogP contribution in [0.5, 0.6) is 0 Å². The fourth-order valence-corrected chi connectivity index (χ4v) is 2.60. The van der Waals surface area contributed by atoms with E-state index in [4.69, 9.17) is 0 Å². The van der Waals surface area contributed by atoms with Crippen molar-refractivity contribution in [1.29, 1.82) is 0 Å². The Hall–Kier alpha value is -1.10. The van der Waals surface area contributed by atoms with Crippen LogP contribution < -0.4 is 5.32 Å². The van der Waals surface area contributed by atoms with E-state index in [1.54, 1.807) is 4.90 Å². The third kappa shape index (κ3) is 3.72. The molecule has 1 heterocycles. The van der Waals surface area contributed by atoms with Crippen LogP contribution in [0.4, 0.5) is 0 Å². The van der Waals surface area contributed by atoms with E-state index in [0.717, 1.165) is 12.8 Å². The van der Waals surface area contributed by atoms with Crippen LogP contribution >= 0.6 is 0 Å². The first-order chi connectivity index (χ1) is 9.39. The third-order valence-corrected chi connectivity index (χ3v) is 4.63. The molecule has 1 aliphatic rings. The zero-order valence-electron chi connectivity index (χ0n) is 13.1. The molecule has 0 aliphatic carbocycles. The second kappa shape index (κ2) is 7.07. The van der Waals surface area contributed by atoms with E-state index in [1.807, 2.05) is 27.7 Å². The minimum absolute atomic E-state index is 0.0551. The fourth-order valence-electron chi connectivity index (χ4n) is 2.60. The summed E-state index contributed by atoms with van der Waals surface area (Å²) in [6.45, 7) is 9.01. The molecule has 1 rings (SSSR count). The maximum Gasteiger partial charge on any atom is 0.225 e. The van der Waals surface area contributed by atoms with Gasteiger partial charge in [-0.05, 0) is 26.7 Å². The van der Waals surface area contributed by atoms with Gasteiger partial charge >= 0.3 is 0 Å². The lowest BCUT2D eigenvalue weighted by atomic mass is 9.83. The molecule has 0 bridgehead atoms. The maximum absolute atomic E-state index is 12.2. The molecule has 1 aliphatic heterocycles. The summed E-state index contributed by atoms with van der Waals surface area (Å²) >= 11 is 0. The number of likely N-dealkylation sites (tertiary alicyclic amines) is 1. The lowest BCUT2D eigenvalue weighted by Gasteiger charge is -2.30.